The third-order valence-corrected chi connectivity index (χ3v) is 6.70. The van der Waals surface area contributed by atoms with Gasteiger partial charge in [0.15, 0.2) is 5.13 Å². The summed E-state index contributed by atoms with van der Waals surface area (Å²) >= 11 is 1.51. The highest BCUT2D eigenvalue weighted by Crippen LogP contribution is 2.29. The number of amides is 1. The Bertz CT molecular complexity index is 1200. The zero-order valence-corrected chi connectivity index (χ0v) is 18.5. The zero-order chi connectivity index (χ0) is 21.9. The van der Waals surface area contributed by atoms with Gasteiger partial charge in [0.2, 0.25) is 5.91 Å². The van der Waals surface area contributed by atoms with Gasteiger partial charge in [-0.15, -0.1) is 0 Å². The minimum absolute atomic E-state index is 0.0267. The highest BCUT2D eigenvalue weighted by Gasteiger charge is 2.26. The molecule has 0 unspecified atom stereocenters. The van der Waals surface area contributed by atoms with Crippen molar-refractivity contribution in [1.29, 1.82) is 0 Å². The molecular weight excluding hydrogens is 422 g/mol. The molecule has 8 heteroatoms. The number of nitrogens with one attached hydrogen (secondary N) is 1. The number of carbonyl (C=O) groups excluding carboxylic acids is 1. The number of benzene rings is 2. The van der Waals surface area contributed by atoms with Crippen LogP contribution in [-0.4, -0.2) is 41.1 Å². The van der Waals surface area contributed by atoms with E-state index in [1.807, 2.05) is 54.6 Å². The lowest BCUT2D eigenvalue weighted by Crippen LogP contribution is -2.38. The van der Waals surface area contributed by atoms with E-state index < -0.39 is 0 Å². The molecule has 0 bridgehead atoms. The van der Waals surface area contributed by atoms with Crippen LogP contribution >= 0.6 is 11.3 Å². The van der Waals surface area contributed by atoms with Crippen LogP contribution < -0.4 is 15.0 Å². The molecule has 2 aromatic heterocycles. The van der Waals surface area contributed by atoms with E-state index in [2.05, 4.69) is 25.2 Å². The highest BCUT2D eigenvalue weighted by molar-refractivity contribution is 7.22. The van der Waals surface area contributed by atoms with Gasteiger partial charge in [-0.25, -0.2) is 15.0 Å². The molecule has 0 aliphatic carbocycles. The number of methoxy groups -OCH3 is 1. The van der Waals surface area contributed by atoms with Crippen molar-refractivity contribution in [3.63, 3.8) is 0 Å². The Morgan fingerprint density at radius 2 is 1.88 bits per heavy atom. The SMILES string of the molecule is COc1ccc(-c2cc(N3CCC(C(=O)Nc4nc5ccccc5s4)CC3)ncn2)cc1. The van der Waals surface area contributed by atoms with Crippen LogP contribution in [0.25, 0.3) is 21.5 Å². The largest absolute Gasteiger partial charge is 0.497 e. The van der Waals surface area contributed by atoms with Crippen LogP contribution in [0.1, 0.15) is 12.8 Å². The molecule has 0 radical (unpaired) electrons. The van der Waals surface area contributed by atoms with Crippen molar-refractivity contribution < 1.29 is 9.53 Å². The maximum Gasteiger partial charge on any atom is 0.229 e. The van der Waals surface area contributed by atoms with Gasteiger partial charge < -0.3 is 15.0 Å². The molecule has 7 nitrogen and oxygen atoms in total. The monoisotopic (exact) mass is 445 g/mol. The third kappa shape index (κ3) is 4.27. The first-order valence-corrected chi connectivity index (χ1v) is 11.4. The average Bonchev–Trinajstić information content (AvgIpc) is 3.26. The van der Waals surface area contributed by atoms with Crippen LogP contribution in [0, 0.1) is 5.92 Å². The molecule has 162 valence electrons. The number of hydrogen-bond donors (Lipinski definition) is 1. The van der Waals surface area contributed by atoms with Crippen molar-refractivity contribution in [3.05, 3.63) is 60.9 Å². The van der Waals surface area contributed by atoms with Gasteiger partial charge in [0.05, 0.1) is 23.0 Å². The van der Waals surface area contributed by atoms with Gasteiger partial charge in [-0.1, -0.05) is 23.5 Å². The molecule has 5 rings (SSSR count). The number of anilines is 2. The fraction of sp³-hybridized carbons (Fsp3) is 0.250. The van der Waals surface area contributed by atoms with E-state index in [0.717, 1.165) is 59.0 Å². The Balaban J connectivity index is 1.22. The minimum atomic E-state index is -0.0267. The molecule has 0 spiro atoms. The molecule has 1 saturated heterocycles. The fourth-order valence-electron chi connectivity index (χ4n) is 3.94. The first-order valence-electron chi connectivity index (χ1n) is 10.6. The van der Waals surface area contributed by atoms with Gasteiger partial charge in [-0.05, 0) is 49.2 Å². The molecule has 32 heavy (non-hydrogen) atoms. The minimum Gasteiger partial charge on any atom is -0.497 e. The molecule has 1 fully saturated rings. The third-order valence-electron chi connectivity index (χ3n) is 5.75. The molecular formula is C24H23N5O2S. The molecule has 1 N–H and O–H groups in total. The van der Waals surface area contributed by atoms with Gasteiger partial charge in [0, 0.05) is 30.6 Å². The van der Waals surface area contributed by atoms with Gasteiger partial charge >= 0.3 is 0 Å². The second-order valence-corrected chi connectivity index (χ2v) is 8.76. The fourth-order valence-corrected chi connectivity index (χ4v) is 4.81. The number of rotatable bonds is 5. The molecule has 0 saturated carbocycles. The predicted molar refractivity (Wildman–Crippen MR) is 127 cm³/mol. The number of piperidine rings is 1. The molecule has 2 aromatic carbocycles. The Morgan fingerprint density at radius 3 is 2.62 bits per heavy atom. The number of thiazole rings is 1. The van der Waals surface area contributed by atoms with E-state index in [-0.39, 0.29) is 11.8 Å². The van der Waals surface area contributed by atoms with Crippen molar-refractivity contribution in [3.8, 4) is 17.0 Å². The summed E-state index contributed by atoms with van der Waals surface area (Å²) in [4.78, 5) is 28.4. The summed E-state index contributed by atoms with van der Waals surface area (Å²) in [6, 6.07) is 17.7. The molecule has 0 atom stereocenters. The number of fused-ring (bicyclic) bond motifs is 1. The van der Waals surface area contributed by atoms with Crippen LogP contribution in [0.3, 0.4) is 0 Å². The maximum absolute atomic E-state index is 12.8. The number of nitrogens with zero attached hydrogens (tertiary/aromatic N) is 4. The van der Waals surface area contributed by atoms with Gasteiger partial charge in [-0.2, -0.15) is 0 Å². The summed E-state index contributed by atoms with van der Waals surface area (Å²) in [5, 5.41) is 3.68. The van der Waals surface area contributed by atoms with Gasteiger partial charge in [0.1, 0.15) is 17.9 Å². The second kappa shape index (κ2) is 8.92. The Morgan fingerprint density at radius 1 is 1.09 bits per heavy atom. The summed E-state index contributed by atoms with van der Waals surface area (Å²) in [6.45, 7) is 1.55. The van der Waals surface area contributed by atoms with E-state index in [1.165, 1.54) is 11.3 Å². The summed E-state index contributed by atoms with van der Waals surface area (Å²) in [5.74, 6) is 1.72. The van der Waals surface area contributed by atoms with E-state index >= 15 is 0 Å². The van der Waals surface area contributed by atoms with Gasteiger partial charge in [-0.3, -0.25) is 4.79 Å². The van der Waals surface area contributed by atoms with E-state index in [4.69, 9.17) is 4.74 Å². The lowest BCUT2D eigenvalue weighted by atomic mass is 9.96. The lowest BCUT2D eigenvalue weighted by Gasteiger charge is -2.32. The lowest BCUT2D eigenvalue weighted by molar-refractivity contribution is -0.120. The summed E-state index contributed by atoms with van der Waals surface area (Å²) < 4.78 is 6.31. The standard InChI is InChI=1S/C24H23N5O2S/c1-31-18-8-6-16(7-9-18)20-14-22(26-15-25-20)29-12-10-17(11-13-29)23(30)28-24-27-19-4-2-3-5-21(19)32-24/h2-9,14-15,17H,10-13H2,1H3,(H,27,28,30). The Kier molecular flexibility index (Phi) is 5.68. The Labute approximate surface area is 190 Å². The number of aromatic nitrogens is 3. The number of para-hydroxylation sites is 1. The number of hydrogen-bond acceptors (Lipinski definition) is 7. The first-order chi connectivity index (χ1) is 15.7. The normalized spacial score (nSPS) is 14.5. The predicted octanol–water partition coefficient (Wildman–Crippen LogP) is 4.62. The highest BCUT2D eigenvalue weighted by atomic mass is 32.1. The maximum atomic E-state index is 12.8. The Hall–Kier alpha value is -3.52. The molecule has 4 aromatic rings. The molecule has 1 aliphatic heterocycles. The van der Waals surface area contributed by atoms with Crippen molar-refractivity contribution >= 4 is 38.4 Å². The van der Waals surface area contributed by atoms with Crippen molar-refractivity contribution in [2.24, 2.45) is 5.92 Å². The van der Waals surface area contributed by atoms with Crippen LogP contribution in [0.5, 0.6) is 5.75 Å². The second-order valence-electron chi connectivity index (χ2n) is 7.73. The van der Waals surface area contributed by atoms with E-state index in [0.29, 0.717) is 5.13 Å². The quantitative estimate of drug-likeness (QED) is 0.483. The summed E-state index contributed by atoms with van der Waals surface area (Å²) in [6.07, 6.45) is 3.15. The zero-order valence-electron chi connectivity index (χ0n) is 17.7. The van der Waals surface area contributed by atoms with Crippen LogP contribution in [0.2, 0.25) is 0 Å². The van der Waals surface area contributed by atoms with Crippen molar-refractivity contribution in [1.82, 2.24) is 15.0 Å². The van der Waals surface area contributed by atoms with Crippen molar-refractivity contribution in [2.75, 3.05) is 30.4 Å². The summed E-state index contributed by atoms with van der Waals surface area (Å²) in [7, 11) is 1.65. The number of carbonyl (C=O) groups is 1. The topological polar surface area (TPSA) is 80.2 Å². The number of ether oxygens (including phenoxy) is 1. The molecule has 1 aliphatic rings. The smallest absolute Gasteiger partial charge is 0.229 e. The van der Waals surface area contributed by atoms with E-state index in [9.17, 15) is 4.79 Å². The van der Waals surface area contributed by atoms with Crippen LogP contribution in [0.15, 0.2) is 60.9 Å². The van der Waals surface area contributed by atoms with E-state index in [1.54, 1.807) is 13.4 Å². The summed E-state index contributed by atoms with van der Waals surface area (Å²) in [5.41, 5.74) is 2.80. The average molecular weight is 446 g/mol. The van der Waals surface area contributed by atoms with Crippen molar-refractivity contribution in [2.45, 2.75) is 12.8 Å². The molecule has 3 heterocycles. The van der Waals surface area contributed by atoms with Crippen LogP contribution in [-0.2, 0) is 4.79 Å². The van der Waals surface area contributed by atoms with Crippen LogP contribution in [0.4, 0.5) is 10.9 Å². The van der Waals surface area contributed by atoms with Gasteiger partial charge in [0.25, 0.3) is 0 Å². The molecule has 1 amide bonds. The first kappa shape index (κ1) is 20.4.